The quantitative estimate of drug-likeness (QED) is 0.670. The summed E-state index contributed by atoms with van der Waals surface area (Å²) in [6, 6.07) is 0.170. The summed E-state index contributed by atoms with van der Waals surface area (Å²) < 4.78 is 0. The molecular formula is C11H20N4O. The Hall–Kier alpha value is -1.36. The van der Waals surface area contributed by atoms with Crippen molar-refractivity contribution in [1.82, 2.24) is 15.5 Å². The standard InChI is InChI=1S/C11H20N4O/c1-8(12)4-3-5-11(16)13-6-10-7-14-15-9(10)2/h7-8H,3-6,12H2,1-2H3,(H,13,16)(H,14,15). The minimum absolute atomic E-state index is 0.0706. The van der Waals surface area contributed by atoms with Gasteiger partial charge in [0.2, 0.25) is 5.91 Å². The number of hydrogen-bond donors (Lipinski definition) is 3. The van der Waals surface area contributed by atoms with Crippen molar-refractivity contribution < 1.29 is 4.79 Å². The highest BCUT2D eigenvalue weighted by molar-refractivity contribution is 5.75. The van der Waals surface area contributed by atoms with Gasteiger partial charge in [-0.15, -0.1) is 0 Å². The number of rotatable bonds is 6. The molecule has 1 rings (SSSR count). The Morgan fingerprint density at radius 2 is 2.44 bits per heavy atom. The molecule has 0 aliphatic heterocycles. The fraction of sp³-hybridized carbons (Fsp3) is 0.636. The third-order valence-corrected chi connectivity index (χ3v) is 2.47. The molecule has 0 aliphatic rings. The molecule has 0 aromatic carbocycles. The summed E-state index contributed by atoms with van der Waals surface area (Å²) in [6.07, 6.45) is 4.00. The molecule has 1 aromatic rings. The molecule has 1 aromatic heterocycles. The van der Waals surface area contributed by atoms with Gasteiger partial charge >= 0.3 is 0 Å². The summed E-state index contributed by atoms with van der Waals surface area (Å²) >= 11 is 0. The highest BCUT2D eigenvalue weighted by Gasteiger charge is 2.04. The van der Waals surface area contributed by atoms with Gasteiger partial charge in [0.15, 0.2) is 0 Å². The van der Waals surface area contributed by atoms with Gasteiger partial charge in [-0.05, 0) is 26.7 Å². The molecule has 1 heterocycles. The lowest BCUT2D eigenvalue weighted by Crippen LogP contribution is -2.23. The lowest BCUT2D eigenvalue weighted by Gasteiger charge is -2.06. The lowest BCUT2D eigenvalue weighted by atomic mass is 10.1. The van der Waals surface area contributed by atoms with Gasteiger partial charge in [-0.2, -0.15) is 5.10 Å². The Morgan fingerprint density at radius 3 is 3.00 bits per heavy atom. The van der Waals surface area contributed by atoms with E-state index in [0.717, 1.165) is 24.1 Å². The number of aromatic nitrogens is 2. The van der Waals surface area contributed by atoms with Gasteiger partial charge in [0.1, 0.15) is 0 Å². The molecule has 1 amide bonds. The predicted octanol–water partition coefficient (Wildman–Crippen LogP) is 0.852. The number of nitrogens with one attached hydrogen (secondary N) is 2. The summed E-state index contributed by atoms with van der Waals surface area (Å²) in [5.41, 5.74) is 7.63. The van der Waals surface area contributed by atoms with E-state index in [2.05, 4.69) is 15.5 Å². The Morgan fingerprint density at radius 1 is 1.69 bits per heavy atom. The summed E-state index contributed by atoms with van der Waals surface area (Å²) in [7, 11) is 0. The molecule has 0 radical (unpaired) electrons. The van der Waals surface area contributed by atoms with Crippen molar-refractivity contribution in [2.24, 2.45) is 5.73 Å². The molecule has 0 spiro atoms. The van der Waals surface area contributed by atoms with E-state index in [1.165, 1.54) is 0 Å². The van der Waals surface area contributed by atoms with E-state index in [1.54, 1.807) is 6.20 Å². The lowest BCUT2D eigenvalue weighted by molar-refractivity contribution is -0.121. The van der Waals surface area contributed by atoms with Crippen molar-refractivity contribution in [3.8, 4) is 0 Å². The van der Waals surface area contributed by atoms with Crippen LogP contribution in [0.2, 0.25) is 0 Å². The van der Waals surface area contributed by atoms with E-state index >= 15 is 0 Å². The number of hydrogen-bond acceptors (Lipinski definition) is 3. The predicted molar refractivity (Wildman–Crippen MR) is 62.7 cm³/mol. The van der Waals surface area contributed by atoms with Crippen molar-refractivity contribution in [2.45, 2.75) is 45.7 Å². The van der Waals surface area contributed by atoms with E-state index in [9.17, 15) is 4.79 Å². The fourth-order valence-corrected chi connectivity index (χ4v) is 1.42. The van der Waals surface area contributed by atoms with Crippen LogP contribution in [0.15, 0.2) is 6.20 Å². The molecule has 0 fully saturated rings. The molecule has 16 heavy (non-hydrogen) atoms. The number of carbonyl (C=O) groups excluding carboxylic acids is 1. The number of H-pyrrole nitrogens is 1. The number of aryl methyl sites for hydroxylation is 1. The Kier molecular flexibility index (Phi) is 4.98. The third kappa shape index (κ3) is 4.44. The van der Waals surface area contributed by atoms with E-state index < -0.39 is 0 Å². The van der Waals surface area contributed by atoms with Crippen LogP contribution in [0.4, 0.5) is 0 Å². The van der Waals surface area contributed by atoms with Crippen LogP contribution in [0.5, 0.6) is 0 Å². The van der Waals surface area contributed by atoms with Crippen LogP contribution in [0.3, 0.4) is 0 Å². The van der Waals surface area contributed by atoms with Gasteiger partial charge in [0.05, 0.1) is 6.20 Å². The fourth-order valence-electron chi connectivity index (χ4n) is 1.42. The zero-order chi connectivity index (χ0) is 12.0. The van der Waals surface area contributed by atoms with Gasteiger partial charge in [-0.25, -0.2) is 0 Å². The average Bonchev–Trinajstić information content (AvgIpc) is 2.60. The zero-order valence-corrected chi connectivity index (χ0v) is 9.92. The van der Waals surface area contributed by atoms with Gasteiger partial charge < -0.3 is 11.1 Å². The smallest absolute Gasteiger partial charge is 0.220 e. The molecule has 5 nitrogen and oxygen atoms in total. The normalized spacial score (nSPS) is 12.4. The number of aromatic amines is 1. The van der Waals surface area contributed by atoms with E-state index in [4.69, 9.17) is 5.73 Å². The molecule has 90 valence electrons. The molecular weight excluding hydrogens is 204 g/mol. The van der Waals surface area contributed by atoms with Crippen LogP contribution >= 0.6 is 0 Å². The SMILES string of the molecule is Cc1[nH]ncc1CNC(=O)CCCC(C)N. The van der Waals surface area contributed by atoms with Crippen molar-refractivity contribution >= 4 is 5.91 Å². The van der Waals surface area contributed by atoms with Crippen molar-refractivity contribution in [1.29, 1.82) is 0 Å². The Balaban J connectivity index is 2.18. The minimum Gasteiger partial charge on any atom is -0.352 e. The van der Waals surface area contributed by atoms with Gasteiger partial charge in [0, 0.05) is 30.3 Å². The highest BCUT2D eigenvalue weighted by atomic mass is 16.1. The van der Waals surface area contributed by atoms with Crippen LogP contribution in [0.1, 0.15) is 37.4 Å². The van der Waals surface area contributed by atoms with Crippen LogP contribution < -0.4 is 11.1 Å². The average molecular weight is 224 g/mol. The summed E-state index contributed by atoms with van der Waals surface area (Å²) in [4.78, 5) is 11.4. The topological polar surface area (TPSA) is 83.8 Å². The number of carbonyl (C=O) groups is 1. The second kappa shape index (κ2) is 6.27. The molecule has 0 saturated carbocycles. The molecule has 0 aliphatic carbocycles. The first-order valence-electron chi connectivity index (χ1n) is 5.60. The first kappa shape index (κ1) is 12.7. The van der Waals surface area contributed by atoms with E-state index in [-0.39, 0.29) is 11.9 Å². The summed E-state index contributed by atoms with van der Waals surface area (Å²) in [5, 5.41) is 9.58. The molecule has 4 N–H and O–H groups in total. The van der Waals surface area contributed by atoms with E-state index in [1.807, 2.05) is 13.8 Å². The third-order valence-electron chi connectivity index (χ3n) is 2.47. The molecule has 0 saturated heterocycles. The van der Waals surface area contributed by atoms with Crippen LogP contribution in [-0.4, -0.2) is 22.1 Å². The number of nitrogens with zero attached hydrogens (tertiary/aromatic N) is 1. The monoisotopic (exact) mass is 224 g/mol. The van der Waals surface area contributed by atoms with Crippen molar-refractivity contribution in [2.75, 3.05) is 0 Å². The molecule has 1 atom stereocenters. The summed E-state index contributed by atoms with van der Waals surface area (Å²) in [6.45, 7) is 4.43. The molecule has 0 bridgehead atoms. The van der Waals surface area contributed by atoms with Crippen LogP contribution in [-0.2, 0) is 11.3 Å². The van der Waals surface area contributed by atoms with Gasteiger partial charge in [0.25, 0.3) is 0 Å². The van der Waals surface area contributed by atoms with Gasteiger partial charge in [-0.1, -0.05) is 0 Å². The van der Waals surface area contributed by atoms with Crippen LogP contribution in [0.25, 0.3) is 0 Å². The second-order valence-electron chi connectivity index (χ2n) is 4.17. The largest absolute Gasteiger partial charge is 0.352 e. The summed E-state index contributed by atoms with van der Waals surface area (Å²) in [5.74, 6) is 0.0706. The number of amides is 1. The number of nitrogens with two attached hydrogens (primary N) is 1. The van der Waals surface area contributed by atoms with Crippen molar-refractivity contribution in [3.63, 3.8) is 0 Å². The minimum atomic E-state index is 0.0706. The Labute approximate surface area is 95.8 Å². The maximum Gasteiger partial charge on any atom is 0.220 e. The van der Waals surface area contributed by atoms with E-state index in [0.29, 0.717) is 13.0 Å². The molecule has 5 heteroatoms. The first-order chi connectivity index (χ1) is 7.59. The van der Waals surface area contributed by atoms with Crippen LogP contribution in [0, 0.1) is 6.92 Å². The first-order valence-corrected chi connectivity index (χ1v) is 5.60. The maximum atomic E-state index is 11.4. The Bertz CT molecular complexity index is 332. The maximum absolute atomic E-state index is 11.4. The zero-order valence-electron chi connectivity index (χ0n) is 9.92. The second-order valence-corrected chi connectivity index (χ2v) is 4.17. The van der Waals surface area contributed by atoms with Gasteiger partial charge in [-0.3, -0.25) is 9.89 Å². The van der Waals surface area contributed by atoms with Crippen molar-refractivity contribution in [3.05, 3.63) is 17.5 Å². The highest BCUT2D eigenvalue weighted by Crippen LogP contribution is 2.02. The molecule has 1 unspecified atom stereocenters.